The molecule has 0 amide bonds. The predicted octanol–water partition coefficient (Wildman–Crippen LogP) is 0.918. The van der Waals surface area contributed by atoms with Gasteiger partial charge >= 0.3 is 0 Å². The molecule has 0 radical (unpaired) electrons. The molecule has 2 aliphatic heterocycles. The molecule has 0 saturated carbocycles. The summed E-state index contributed by atoms with van der Waals surface area (Å²) in [7, 11) is 0. The van der Waals surface area contributed by atoms with E-state index < -0.39 is 0 Å². The monoisotopic (exact) mass is 254 g/mol. The molecule has 6 heteroatoms. The lowest BCUT2D eigenvalue weighted by atomic mass is 10.3. The Hall–Kier alpha value is -0.590. The highest BCUT2D eigenvalue weighted by atomic mass is 32.2. The third-order valence-corrected chi connectivity index (χ3v) is 4.50. The zero-order valence-corrected chi connectivity index (χ0v) is 10.9. The van der Waals surface area contributed by atoms with Crippen LogP contribution in [0.5, 0.6) is 0 Å². The Morgan fingerprint density at radius 2 is 2.12 bits per heavy atom. The van der Waals surface area contributed by atoms with E-state index in [4.69, 9.17) is 4.74 Å². The van der Waals surface area contributed by atoms with Gasteiger partial charge in [-0.25, -0.2) is 0 Å². The third kappa shape index (κ3) is 2.34. The van der Waals surface area contributed by atoms with Crippen LogP contribution in [0, 0.1) is 0 Å². The van der Waals surface area contributed by atoms with Crippen molar-refractivity contribution in [3.8, 4) is 0 Å². The first-order valence-electron chi connectivity index (χ1n) is 6.18. The Balaban J connectivity index is 1.74. The van der Waals surface area contributed by atoms with Crippen molar-refractivity contribution in [1.29, 1.82) is 0 Å². The summed E-state index contributed by atoms with van der Waals surface area (Å²) < 4.78 is 7.66. The van der Waals surface area contributed by atoms with Crippen LogP contribution in [0.2, 0.25) is 0 Å². The fourth-order valence-corrected chi connectivity index (χ4v) is 3.33. The Morgan fingerprint density at radius 1 is 1.29 bits per heavy atom. The van der Waals surface area contributed by atoms with Gasteiger partial charge in [0.25, 0.3) is 0 Å². The normalized spacial score (nSPS) is 25.8. The van der Waals surface area contributed by atoms with Crippen LogP contribution in [0.15, 0.2) is 0 Å². The molecule has 0 aromatic carbocycles. The summed E-state index contributed by atoms with van der Waals surface area (Å²) in [5.74, 6) is 3.43. The van der Waals surface area contributed by atoms with Gasteiger partial charge in [-0.05, 0) is 6.92 Å². The van der Waals surface area contributed by atoms with Gasteiger partial charge in [0.2, 0.25) is 0 Å². The molecule has 1 aromatic rings. The van der Waals surface area contributed by atoms with E-state index in [1.54, 1.807) is 0 Å². The van der Waals surface area contributed by atoms with Gasteiger partial charge in [-0.2, -0.15) is 0 Å². The first-order chi connectivity index (χ1) is 8.34. The molecule has 94 valence electrons. The maximum absolute atomic E-state index is 5.36. The number of aromatic nitrogens is 3. The summed E-state index contributed by atoms with van der Waals surface area (Å²) in [5.41, 5.74) is 0. The number of hydrogen-bond acceptors (Lipinski definition) is 5. The molecule has 17 heavy (non-hydrogen) atoms. The van der Waals surface area contributed by atoms with Crippen molar-refractivity contribution in [2.75, 3.05) is 32.1 Å². The summed E-state index contributed by atoms with van der Waals surface area (Å²) in [6.45, 7) is 7.87. The quantitative estimate of drug-likeness (QED) is 0.785. The van der Waals surface area contributed by atoms with Crippen LogP contribution in [0.4, 0.5) is 0 Å². The van der Waals surface area contributed by atoms with E-state index in [-0.39, 0.29) is 0 Å². The standard InChI is InChI=1S/C11H18N4OS/c1-9-11-13-12-10(15(11)4-7-17-9)8-14-2-5-16-6-3-14/h9H,2-8H2,1H3. The summed E-state index contributed by atoms with van der Waals surface area (Å²) in [5, 5.41) is 9.18. The van der Waals surface area contributed by atoms with Crippen LogP contribution in [-0.2, 0) is 17.8 Å². The van der Waals surface area contributed by atoms with Gasteiger partial charge < -0.3 is 9.30 Å². The van der Waals surface area contributed by atoms with E-state index in [0.717, 1.165) is 51.0 Å². The summed E-state index contributed by atoms with van der Waals surface area (Å²) in [4.78, 5) is 2.40. The summed E-state index contributed by atoms with van der Waals surface area (Å²) in [6.07, 6.45) is 0. The molecular weight excluding hydrogens is 236 g/mol. The van der Waals surface area contributed by atoms with Crippen molar-refractivity contribution in [2.45, 2.75) is 25.3 Å². The zero-order chi connectivity index (χ0) is 11.7. The molecule has 1 aromatic heterocycles. The van der Waals surface area contributed by atoms with Gasteiger partial charge in [-0.15, -0.1) is 22.0 Å². The highest BCUT2D eigenvalue weighted by molar-refractivity contribution is 7.99. The first kappa shape index (κ1) is 11.5. The van der Waals surface area contributed by atoms with Crippen molar-refractivity contribution in [3.63, 3.8) is 0 Å². The lowest BCUT2D eigenvalue weighted by Gasteiger charge is -2.27. The van der Waals surface area contributed by atoms with Gasteiger partial charge in [-0.1, -0.05) is 0 Å². The Bertz CT molecular complexity index is 389. The number of fused-ring (bicyclic) bond motifs is 1. The number of morpholine rings is 1. The van der Waals surface area contributed by atoms with E-state index in [2.05, 4.69) is 26.6 Å². The lowest BCUT2D eigenvalue weighted by Crippen LogP contribution is -2.36. The van der Waals surface area contributed by atoms with Crippen molar-refractivity contribution >= 4 is 11.8 Å². The van der Waals surface area contributed by atoms with E-state index in [1.807, 2.05) is 11.8 Å². The Morgan fingerprint density at radius 3 is 2.94 bits per heavy atom. The number of nitrogens with zero attached hydrogens (tertiary/aromatic N) is 4. The van der Waals surface area contributed by atoms with Crippen molar-refractivity contribution in [3.05, 3.63) is 11.6 Å². The van der Waals surface area contributed by atoms with Gasteiger partial charge in [0.05, 0.1) is 25.0 Å². The molecule has 0 spiro atoms. The van der Waals surface area contributed by atoms with Crippen LogP contribution in [-0.4, -0.2) is 51.7 Å². The molecule has 1 fully saturated rings. The molecule has 0 bridgehead atoms. The van der Waals surface area contributed by atoms with Crippen LogP contribution in [0.1, 0.15) is 23.8 Å². The van der Waals surface area contributed by atoms with Crippen LogP contribution in [0.25, 0.3) is 0 Å². The predicted molar refractivity (Wildman–Crippen MR) is 67.0 cm³/mol. The molecule has 1 saturated heterocycles. The minimum Gasteiger partial charge on any atom is -0.379 e. The van der Waals surface area contributed by atoms with E-state index in [1.165, 1.54) is 5.75 Å². The van der Waals surface area contributed by atoms with E-state index in [0.29, 0.717) is 5.25 Å². The largest absolute Gasteiger partial charge is 0.379 e. The second-order valence-electron chi connectivity index (χ2n) is 4.53. The molecule has 1 atom stereocenters. The minimum absolute atomic E-state index is 0.481. The van der Waals surface area contributed by atoms with Crippen molar-refractivity contribution < 1.29 is 4.74 Å². The van der Waals surface area contributed by atoms with Crippen LogP contribution in [0.3, 0.4) is 0 Å². The summed E-state index contributed by atoms with van der Waals surface area (Å²) in [6, 6.07) is 0. The average Bonchev–Trinajstić information content (AvgIpc) is 2.76. The molecular formula is C11H18N4OS. The van der Waals surface area contributed by atoms with Crippen LogP contribution < -0.4 is 0 Å². The molecule has 0 aliphatic carbocycles. The Kier molecular flexibility index (Phi) is 3.35. The number of hydrogen-bond donors (Lipinski definition) is 0. The highest BCUT2D eigenvalue weighted by Gasteiger charge is 2.23. The van der Waals surface area contributed by atoms with Gasteiger partial charge in [0.15, 0.2) is 0 Å². The van der Waals surface area contributed by atoms with E-state index >= 15 is 0 Å². The Labute approximate surface area is 106 Å². The number of thioether (sulfide) groups is 1. The minimum atomic E-state index is 0.481. The van der Waals surface area contributed by atoms with Gasteiger partial charge in [-0.3, -0.25) is 4.90 Å². The van der Waals surface area contributed by atoms with Crippen molar-refractivity contribution in [1.82, 2.24) is 19.7 Å². The topological polar surface area (TPSA) is 43.2 Å². The lowest BCUT2D eigenvalue weighted by molar-refractivity contribution is 0.0325. The van der Waals surface area contributed by atoms with Crippen molar-refractivity contribution in [2.24, 2.45) is 0 Å². The fraction of sp³-hybridized carbons (Fsp3) is 0.818. The molecule has 5 nitrogen and oxygen atoms in total. The van der Waals surface area contributed by atoms with Crippen LogP contribution >= 0.6 is 11.8 Å². The fourth-order valence-electron chi connectivity index (χ4n) is 2.37. The smallest absolute Gasteiger partial charge is 0.147 e. The molecule has 3 rings (SSSR count). The maximum atomic E-state index is 5.36. The second-order valence-corrected chi connectivity index (χ2v) is 5.98. The highest BCUT2D eigenvalue weighted by Crippen LogP contribution is 2.31. The van der Waals surface area contributed by atoms with Gasteiger partial charge in [0, 0.05) is 25.4 Å². The second kappa shape index (κ2) is 4.96. The molecule has 1 unspecified atom stereocenters. The SMILES string of the molecule is CC1SCCn2c(CN3CCOCC3)nnc21. The maximum Gasteiger partial charge on any atom is 0.147 e. The molecule has 0 N–H and O–H groups in total. The number of rotatable bonds is 2. The van der Waals surface area contributed by atoms with E-state index in [9.17, 15) is 0 Å². The zero-order valence-electron chi connectivity index (χ0n) is 10.1. The first-order valence-corrected chi connectivity index (χ1v) is 7.23. The molecule has 2 aliphatic rings. The third-order valence-electron chi connectivity index (χ3n) is 3.37. The van der Waals surface area contributed by atoms with Gasteiger partial charge in [0.1, 0.15) is 11.6 Å². The average molecular weight is 254 g/mol. The molecule has 3 heterocycles. The summed E-state index contributed by atoms with van der Waals surface area (Å²) >= 11 is 1.96. The number of ether oxygens (including phenoxy) is 1.